The zero-order chi connectivity index (χ0) is 11.4. The minimum Gasteiger partial charge on any atom is -0.468 e. The van der Waals surface area contributed by atoms with E-state index in [9.17, 15) is 9.59 Å². The Morgan fingerprint density at radius 3 is 2.47 bits per heavy atom. The molecule has 0 aromatic rings. The van der Waals surface area contributed by atoms with Gasteiger partial charge in [-0.15, -0.1) is 0 Å². The van der Waals surface area contributed by atoms with Gasteiger partial charge in [0.25, 0.3) is 0 Å². The van der Waals surface area contributed by atoms with Gasteiger partial charge in [0, 0.05) is 12.5 Å². The lowest BCUT2D eigenvalue weighted by molar-refractivity contribution is -0.152. The molecule has 1 aliphatic heterocycles. The van der Waals surface area contributed by atoms with E-state index in [1.165, 1.54) is 7.11 Å². The van der Waals surface area contributed by atoms with E-state index in [1.54, 1.807) is 0 Å². The molecule has 1 fully saturated rings. The standard InChI is InChI=1S/C11H18O4/c1-7(2)9(11(13)14-3)10(12)8-4-5-15-6-8/h7-9H,4-6H2,1-3H3. The number of carbonyl (C=O) groups is 2. The summed E-state index contributed by atoms with van der Waals surface area (Å²) in [7, 11) is 1.32. The summed E-state index contributed by atoms with van der Waals surface area (Å²) in [6, 6.07) is 0. The van der Waals surface area contributed by atoms with Crippen molar-refractivity contribution in [1.29, 1.82) is 0 Å². The lowest BCUT2D eigenvalue weighted by Gasteiger charge is -2.19. The average molecular weight is 214 g/mol. The predicted molar refractivity (Wildman–Crippen MR) is 54.3 cm³/mol. The van der Waals surface area contributed by atoms with Gasteiger partial charge < -0.3 is 9.47 Å². The molecule has 0 saturated carbocycles. The molecular formula is C11H18O4. The van der Waals surface area contributed by atoms with Crippen LogP contribution in [0.1, 0.15) is 20.3 Å². The van der Waals surface area contributed by atoms with E-state index < -0.39 is 11.9 Å². The Hall–Kier alpha value is -0.900. The van der Waals surface area contributed by atoms with Gasteiger partial charge in [0.1, 0.15) is 5.92 Å². The fourth-order valence-electron chi connectivity index (χ4n) is 1.86. The molecular weight excluding hydrogens is 196 g/mol. The largest absolute Gasteiger partial charge is 0.468 e. The van der Waals surface area contributed by atoms with E-state index >= 15 is 0 Å². The summed E-state index contributed by atoms with van der Waals surface area (Å²) in [5.41, 5.74) is 0. The van der Waals surface area contributed by atoms with Crippen molar-refractivity contribution in [1.82, 2.24) is 0 Å². The number of hydrogen-bond acceptors (Lipinski definition) is 4. The Labute approximate surface area is 89.9 Å². The van der Waals surface area contributed by atoms with Crippen LogP contribution in [0, 0.1) is 17.8 Å². The topological polar surface area (TPSA) is 52.6 Å². The number of Topliss-reactive ketones (excluding diaryl/α,β-unsaturated/α-hetero) is 1. The maximum Gasteiger partial charge on any atom is 0.316 e. The van der Waals surface area contributed by atoms with Gasteiger partial charge in [0.05, 0.1) is 13.7 Å². The zero-order valence-electron chi connectivity index (χ0n) is 9.49. The highest BCUT2D eigenvalue weighted by Crippen LogP contribution is 2.23. The summed E-state index contributed by atoms with van der Waals surface area (Å²) in [5, 5.41) is 0. The van der Waals surface area contributed by atoms with Gasteiger partial charge in [-0.2, -0.15) is 0 Å². The first-order valence-electron chi connectivity index (χ1n) is 5.27. The molecule has 0 aromatic carbocycles. The van der Waals surface area contributed by atoms with Crippen LogP contribution in [-0.2, 0) is 19.1 Å². The number of esters is 1. The van der Waals surface area contributed by atoms with Gasteiger partial charge in [-0.25, -0.2) is 0 Å². The Bertz CT molecular complexity index is 241. The van der Waals surface area contributed by atoms with Crippen LogP contribution in [0.5, 0.6) is 0 Å². The van der Waals surface area contributed by atoms with E-state index in [0.29, 0.717) is 13.2 Å². The van der Waals surface area contributed by atoms with Gasteiger partial charge >= 0.3 is 5.97 Å². The normalized spacial score (nSPS) is 22.8. The Morgan fingerprint density at radius 2 is 2.07 bits per heavy atom. The van der Waals surface area contributed by atoms with Crippen molar-refractivity contribution in [2.24, 2.45) is 17.8 Å². The Balaban J connectivity index is 2.70. The number of methoxy groups -OCH3 is 1. The maximum absolute atomic E-state index is 12.0. The summed E-state index contributed by atoms with van der Waals surface area (Å²) in [5.74, 6) is -1.25. The minimum atomic E-state index is -0.637. The summed E-state index contributed by atoms with van der Waals surface area (Å²) in [6.45, 7) is 4.77. The molecule has 4 heteroatoms. The molecule has 15 heavy (non-hydrogen) atoms. The van der Waals surface area contributed by atoms with E-state index in [2.05, 4.69) is 4.74 Å². The average Bonchev–Trinajstić information content (AvgIpc) is 2.69. The van der Waals surface area contributed by atoms with Crippen LogP contribution in [0.4, 0.5) is 0 Å². The first-order chi connectivity index (χ1) is 7.07. The Morgan fingerprint density at radius 1 is 1.40 bits per heavy atom. The van der Waals surface area contributed by atoms with Crippen molar-refractivity contribution in [3.63, 3.8) is 0 Å². The molecule has 0 radical (unpaired) electrons. The van der Waals surface area contributed by atoms with E-state index in [1.807, 2.05) is 13.8 Å². The summed E-state index contributed by atoms with van der Waals surface area (Å²) < 4.78 is 9.80. The lowest BCUT2D eigenvalue weighted by atomic mass is 9.84. The number of carbonyl (C=O) groups excluding carboxylic acids is 2. The van der Waals surface area contributed by atoms with Crippen molar-refractivity contribution in [2.45, 2.75) is 20.3 Å². The number of ether oxygens (including phenoxy) is 2. The van der Waals surface area contributed by atoms with Gasteiger partial charge in [-0.1, -0.05) is 13.8 Å². The van der Waals surface area contributed by atoms with Crippen LogP contribution in [0.3, 0.4) is 0 Å². The second-order valence-electron chi connectivity index (χ2n) is 4.21. The number of ketones is 1. The summed E-state index contributed by atoms with van der Waals surface area (Å²) >= 11 is 0. The van der Waals surface area contributed by atoms with Crippen molar-refractivity contribution >= 4 is 11.8 Å². The molecule has 0 spiro atoms. The van der Waals surface area contributed by atoms with Crippen LogP contribution >= 0.6 is 0 Å². The second-order valence-corrected chi connectivity index (χ2v) is 4.21. The molecule has 1 saturated heterocycles. The zero-order valence-corrected chi connectivity index (χ0v) is 9.49. The SMILES string of the molecule is COC(=O)C(C(=O)C1CCOC1)C(C)C. The third kappa shape index (κ3) is 2.78. The highest BCUT2D eigenvalue weighted by atomic mass is 16.5. The second kappa shape index (κ2) is 5.26. The highest BCUT2D eigenvalue weighted by Gasteiger charge is 2.36. The molecule has 0 amide bonds. The van der Waals surface area contributed by atoms with E-state index in [4.69, 9.17) is 4.74 Å². The van der Waals surface area contributed by atoms with Crippen molar-refractivity contribution < 1.29 is 19.1 Å². The van der Waals surface area contributed by atoms with Gasteiger partial charge in [0.15, 0.2) is 5.78 Å². The van der Waals surface area contributed by atoms with Gasteiger partial charge in [-0.05, 0) is 12.3 Å². The molecule has 0 aliphatic carbocycles. The maximum atomic E-state index is 12.0. The summed E-state index contributed by atoms with van der Waals surface area (Å²) in [4.78, 5) is 23.5. The van der Waals surface area contributed by atoms with Crippen molar-refractivity contribution in [2.75, 3.05) is 20.3 Å². The van der Waals surface area contributed by atoms with Crippen molar-refractivity contribution in [3.05, 3.63) is 0 Å². The van der Waals surface area contributed by atoms with E-state index in [0.717, 1.165) is 6.42 Å². The minimum absolute atomic E-state index is 0.0226. The molecule has 86 valence electrons. The van der Waals surface area contributed by atoms with Crippen LogP contribution in [0.2, 0.25) is 0 Å². The van der Waals surface area contributed by atoms with Crippen LogP contribution in [-0.4, -0.2) is 32.1 Å². The third-order valence-corrected chi connectivity index (χ3v) is 2.76. The first kappa shape index (κ1) is 12.2. The quantitative estimate of drug-likeness (QED) is 0.518. The van der Waals surface area contributed by atoms with Crippen LogP contribution < -0.4 is 0 Å². The molecule has 0 aromatic heterocycles. The lowest BCUT2D eigenvalue weighted by Crippen LogP contribution is -2.34. The molecule has 1 aliphatic rings. The first-order valence-corrected chi connectivity index (χ1v) is 5.27. The molecule has 1 heterocycles. The highest BCUT2D eigenvalue weighted by molar-refractivity contribution is 6.00. The molecule has 2 atom stereocenters. The molecule has 0 bridgehead atoms. The molecule has 2 unspecified atom stereocenters. The van der Waals surface area contributed by atoms with Gasteiger partial charge in [0.2, 0.25) is 0 Å². The van der Waals surface area contributed by atoms with E-state index in [-0.39, 0.29) is 17.6 Å². The predicted octanol–water partition coefficient (Wildman–Crippen LogP) is 1.04. The summed E-state index contributed by atoms with van der Waals surface area (Å²) in [6.07, 6.45) is 0.721. The van der Waals surface area contributed by atoms with Crippen LogP contribution in [0.15, 0.2) is 0 Å². The third-order valence-electron chi connectivity index (χ3n) is 2.76. The fraction of sp³-hybridized carbons (Fsp3) is 0.818. The number of rotatable bonds is 4. The Kier molecular flexibility index (Phi) is 4.27. The smallest absolute Gasteiger partial charge is 0.316 e. The molecule has 0 N–H and O–H groups in total. The van der Waals surface area contributed by atoms with Gasteiger partial charge in [-0.3, -0.25) is 9.59 Å². The monoisotopic (exact) mass is 214 g/mol. The molecule has 4 nitrogen and oxygen atoms in total. The molecule has 1 rings (SSSR count). The number of hydrogen-bond donors (Lipinski definition) is 0. The van der Waals surface area contributed by atoms with Crippen LogP contribution in [0.25, 0.3) is 0 Å². The van der Waals surface area contributed by atoms with Crippen molar-refractivity contribution in [3.8, 4) is 0 Å². The fourth-order valence-corrected chi connectivity index (χ4v) is 1.86.